The number of rotatable bonds is 8. The van der Waals surface area contributed by atoms with E-state index in [-0.39, 0.29) is 17.6 Å². The third kappa shape index (κ3) is 7.83. The van der Waals surface area contributed by atoms with Crippen LogP contribution in [0.1, 0.15) is 30.5 Å². The molecule has 0 aliphatic rings. The van der Waals surface area contributed by atoms with E-state index >= 15 is 0 Å². The van der Waals surface area contributed by atoms with Crippen LogP contribution in [-0.4, -0.2) is 39.4 Å². The number of hydrogen-bond donors (Lipinski definition) is 2. The number of nitrogens with zero attached hydrogens (tertiary/aromatic N) is 2. The highest BCUT2D eigenvalue weighted by Gasteiger charge is 2.13. The molecule has 6 nitrogen and oxygen atoms in total. The second-order valence-electron chi connectivity index (χ2n) is 7.23. The largest absolute Gasteiger partial charge is 0.352 e. The molecule has 0 saturated heterocycles. The zero-order chi connectivity index (χ0) is 21.4. The molecule has 0 bridgehead atoms. The van der Waals surface area contributed by atoms with Crippen LogP contribution >= 0.6 is 0 Å². The second-order valence-corrected chi connectivity index (χ2v) is 8.99. The van der Waals surface area contributed by atoms with Crippen molar-refractivity contribution in [2.24, 2.45) is 4.99 Å². The van der Waals surface area contributed by atoms with E-state index in [2.05, 4.69) is 15.0 Å². The van der Waals surface area contributed by atoms with E-state index in [9.17, 15) is 12.8 Å². The lowest BCUT2D eigenvalue weighted by atomic mass is 10.1. The lowest BCUT2D eigenvalue weighted by Gasteiger charge is -2.22. The van der Waals surface area contributed by atoms with Crippen molar-refractivity contribution < 1.29 is 12.8 Å². The van der Waals surface area contributed by atoms with Crippen LogP contribution in [0.4, 0.5) is 4.39 Å². The summed E-state index contributed by atoms with van der Waals surface area (Å²) in [5, 5.41) is 3.27. The van der Waals surface area contributed by atoms with Gasteiger partial charge in [0.1, 0.15) is 5.82 Å². The molecule has 0 amide bonds. The average Bonchev–Trinajstić information content (AvgIpc) is 2.62. The highest BCUT2D eigenvalue weighted by atomic mass is 32.2. The fourth-order valence-corrected chi connectivity index (χ4v) is 4.36. The first-order valence-electron chi connectivity index (χ1n) is 9.42. The Kier molecular flexibility index (Phi) is 8.16. The molecule has 8 heteroatoms. The molecule has 2 N–H and O–H groups in total. The van der Waals surface area contributed by atoms with E-state index < -0.39 is 10.0 Å². The normalized spacial score (nSPS) is 12.3. The van der Waals surface area contributed by atoms with Crippen LogP contribution in [0, 0.1) is 5.82 Å². The first kappa shape index (κ1) is 22.8. The number of hydrogen-bond acceptors (Lipinski definition) is 3. The predicted octanol–water partition coefficient (Wildman–Crippen LogP) is 2.86. The van der Waals surface area contributed by atoms with Crippen molar-refractivity contribution in [2.45, 2.75) is 38.7 Å². The van der Waals surface area contributed by atoms with Gasteiger partial charge in [0.25, 0.3) is 0 Å². The Morgan fingerprint density at radius 2 is 1.76 bits per heavy atom. The van der Waals surface area contributed by atoms with Gasteiger partial charge in [-0.05, 0) is 42.7 Å². The summed E-state index contributed by atoms with van der Waals surface area (Å²) in [6.07, 6.45) is 0. The number of nitrogens with one attached hydrogen (secondary N) is 2. The fourth-order valence-electron chi connectivity index (χ4n) is 2.92. The maximum Gasteiger partial charge on any atom is 0.216 e. The van der Waals surface area contributed by atoms with E-state index in [0.29, 0.717) is 19.0 Å². The van der Waals surface area contributed by atoms with Crippen molar-refractivity contribution in [2.75, 3.05) is 14.1 Å². The van der Waals surface area contributed by atoms with Gasteiger partial charge in [-0.25, -0.2) is 17.5 Å². The quantitative estimate of drug-likeness (QED) is 0.509. The molecule has 2 aromatic rings. The van der Waals surface area contributed by atoms with Crippen LogP contribution in [0.15, 0.2) is 53.5 Å². The van der Waals surface area contributed by atoms with Crippen molar-refractivity contribution >= 4 is 16.0 Å². The summed E-state index contributed by atoms with van der Waals surface area (Å²) in [5.74, 6) is 0.378. The van der Waals surface area contributed by atoms with E-state index in [4.69, 9.17) is 0 Å². The molecule has 158 valence electrons. The van der Waals surface area contributed by atoms with Crippen LogP contribution in [0.2, 0.25) is 0 Å². The topological polar surface area (TPSA) is 73.8 Å². The molecule has 0 heterocycles. The van der Waals surface area contributed by atoms with Gasteiger partial charge < -0.3 is 10.2 Å². The van der Waals surface area contributed by atoms with Crippen LogP contribution < -0.4 is 10.0 Å². The summed E-state index contributed by atoms with van der Waals surface area (Å²) in [7, 11) is 0.241. The monoisotopic (exact) mass is 420 g/mol. The molecule has 0 aromatic heterocycles. The van der Waals surface area contributed by atoms with Crippen molar-refractivity contribution in [3.8, 4) is 0 Å². The summed E-state index contributed by atoms with van der Waals surface area (Å²) in [6, 6.07) is 13.8. The lowest BCUT2D eigenvalue weighted by molar-refractivity contribution is 0.474. The second kappa shape index (κ2) is 10.4. The van der Waals surface area contributed by atoms with Gasteiger partial charge in [0, 0.05) is 33.2 Å². The summed E-state index contributed by atoms with van der Waals surface area (Å²) >= 11 is 0. The predicted molar refractivity (Wildman–Crippen MR) is 115 cm³/mol. The fraction of sp³-hybridized carbons (Fsp3) is 0.381. The molecule has 0 aliphatic heterocycles. The van der Waals surface area contributed by atoms with Gasteiger partial charge in [-0.1, -0.05) is 36.4 Å². The van der Waals surface area contributed by atoms with E-state index in [1.165, 1.54) is 12.1 Å². The highest BCUT2D eigenvalue weighted by Crippen LogP contribution is 2.09. The summed E-state index contributed by atoms with van der Waals surface area (Å²) in [6.45, 7) is 4.66. The van der Waals surface area contributed by atoms with E-state index in [1.807, 2.05) is 42.3 Å². The SMILES string of the molecule is CN=C(NCc1ccc(CS(=O)(=O)NC(C)C)cc1)N(C)Cc1cccc(F)c1. The Balaban J connectivity index is 1.92. The zero-order valence-corrected chi connectivity index (χ0v) is 18.1. The minimum atomic E-state index is -3.34. The first-order chi connectivity index (χ1) is 13.7. The van der Waals surface area contributed by atoms with Crippen molar-refractivity contribution in [3.05, 3.63) is 71.0 Å². The molecular formula is C21H29FN4O2S. The van der Waals surface area contributed by atoms with Gasteiger partial charge in [0.05, 0.1) is 5.75 Å². The molecule has 0 aliphatic carbocycles. The van der Waals surface area contributed by atoms with Crippen molar-refractivity contribution in [3.63, 3.8) is 0 Å². The first-order valence-corrected chi connectivity index (χ1v) is 11.1. The third-order valence-corrected chi connectivity index (χ3v) is 5.67. The van der Waals surface area contributed by atoms with Crippen molar-refractivity contribution in [1.29, 1.82) is 0 Å². The number of aliphatic imine (C=N–C) groups is 1. The van der Waals surface area contributed by atoms with Gasteiger partial charge in [-0.2, -0.15) is 0 Å². The Morgan fingerprint density at radius 3 is 2.34 bits per heavy atom. The molecule has 0 fully saturated rings. The highest BCUT2D eigenvalue weighted by molar-refractivity contribution is 7.88. The molecule has 0 radical (unpaired) electrons. The molecule has 29 heavy (non-hydrogen) atoms. The maximum atomic E-state index is 13.4. The minimum absolute atomic E-state index is 0.0447. The number of halogens is 1. The molecule has 2 rings (SSSR count). The number of benzene rings is 2. The van der Waals surface area contributed by atoms with Crippen LogP contribution in [0.3, 0.4) is 0 Å². The van der Waals surface area contributed by atoms with Gasteiger partial charge in [0.2, 0.25) is 10.0 Å². The Labute approximate surface area is 172 Å². The average molecular weight is 421 g/mol. The van der Waals surface area contributed by atoms with Gasteiger partial charge in [-0.3, -0.25) is 4.99 Å². The molecule has 0 atom stereocenters. The molecule has 2 aromatic carbocycles. The van der Waals surface area contributed by atoms with Crippen LogP contribution in [-0.2, 0) is 28.9 Å². The van der Waals surface area contributed by atoms with Gasteiger partial charge in [0.15, 0.2) is 5.96 Å². The summed E-state index contributed by atoms with van der Waals surface area (Å²) in [4.78, 5) is 6.18. The standard InChI is InChI=1S/C21H29FN4O2S/c1-16(2)25-29(27,28)15-18-10-8-17(9-11-18)13-24-21(23-3)26(4)14-19-6-5-7-20(22)12-19/h5-12,16,25H,13-15H2,1-4H3,(H,23,24). The Bertz CT molecular complexity index is 928. The zero-order valence-electron chi connectivity index (χ0n) is 17.3. The van der Waals surface area contributed by atoms with Gasteiger partial charge >= 0.3 is 0 Å². The summed E-state index contributed by atoms with van der Waals surface area (Å²) in [5.41, 5.74) is 2.59. The lowest BCUT2D eigenvalue weighted by Crippen LogP contribution is -2.38. The summed E-state index contributed by atoms with van der Waals surface area (Å²) < 4.78 is 40.0. The Morgan fingerprint density at radius 1 is 1.10 bits per heavy atom. The molecule has 0 spiro atoms. The molecule has 0 saturated carbocycles. The van der Waals surface area contributed by atoms with Crippen LogP contribution in [0.25, 0.3) is 0 Å². The molecule has 0 unspecified atom stereocenters. The molecular weight excluding hydrogens is 391 g/mol. The number of guanidine groups is 1. The minimum Gasteiger partial charge on any atom is -0.352 e. The van der Waals surface area contributed by atoms with Crippen molar-refractivity contribution in [1.82, 2.24) is 14.9 Å². The maximum absolute atomic E-state index is 13.4. The van der Waals surface area contributed by atoms with Crippen LogP contribution in [0.5, 0.6) is 0 Å². The van der Waals surface area contributed by atoms with E-state index in [0.717, 1.165) is 16.7 Å². The van der Waals surface area contributed by atoms with Gasteiger partial charge in [-0.15, -0.1) is 0 Å². The number of sulfonamides is 1. The Hall–Kier alpha value is -2.45. The van der Waals surface area contributed by atoms with E-state index in [1.54, 1.807) is 27.0 Å². The third-order valence-electron chi connectivity index (χ3n) is 4.13. The smallest absolute Gasteiger partial charge is 0.216 e.